The van der Waals surface area contributed by atoms with Gasteiger partial charge in [0.25, 0.3) is 5.91 Å². The van der Waals surface area contributed by atoms with Crippen molar-refractivity contribution in [3.63, 3.8) is 0 Å². The number of carbonyl (C=O) groups is 1. The number of piperazine rings is 1. The number of hydrogen-bond donors (Lipinski definition) is 1. The van der Waals surface area contributed by atoms with E-state index in [4.69, 9.17) is 9.47 Å². The van der Waals surface area contributed by atoms with E-state index < -0.39 is 0 Å². The molecule has 250 valence electrons. The quantitative estimate of drug-likeness (QED) is 0.160. The Morgan fingerprint density at radius 3 is 2.10 bits per heavy atom. The highest BCUT2D eigenvalue weighted by atomic mass is 19.1. The zero-order chi connectivity index (χ0) is 33.8. The number of benzene rings is 4. The Bertz CT molecular complexity index is 1870. The van der Waals surface area contributed by atoms with Crippen LogP contribution in [0.1, 0.15) is 39.2 Å². The number of rotatable bonds is 11. The summed E-state index contributed by atoms with van der Waals surface area (Å²) in [6, 6.07) is 24.2. The molecule has 2 heterocycles. The zero-order valence-corrected chi connectivity index (χ0v) is 28.6. The number of amides is 1. The molecule has 8 heteroatoms. The Balaban J connectivity index is 1.11. The van der Waals surface area contributed by atoms with Crippen LogP contribution in [0.25, 0.3) is 22.0 Å². The molecule has 4 aromatic carbocycles. The minimum Gasteiger partial charge on any atom is -0.496 e. The summed E-state index contributed by atoms with van der Waals surface area (Å²) in [5.74, 6) is 0.460. The maximum atomic E-state index is 13.5. The van der Waals surface area contributed by atoms with Crippen LogP contribution in [0.4, 0.5) is 10.1 Å². The van der Waals surface area contributed by atoms with E-state index in [2.05, 4.69) is 58.8 Å². The van der Waals surface area contributed by atoms with E-state index in [1.54, 1.807) is 38.5 Å². The summed E-state index contributed by atoms with van der Waals surface area (Å²) >= 11 is 0. The minimum absolute atomic E-state index is 0.235. The topological polar surface area (TPSA) is 59.0 Å². The fraction of sp³-hybridized carbons (Fsp3) is 0.325. The van der Waals surface area contributed by atoms with Crippen molar-refractivity contribution in [3.8, 4) is 22.6 Å². The molecule has 7 nitrogen and oxygen atoms in total. The van der Waals surface area contributed by atoms with Gasteiger partial charge in [-0.15, -0.1) is 0 Å². The average molecular weight is 649 g/mol. The van der Waals surface area contributed by atoms with Gasteiger partial charge in [0.15, 0.2) is 0 Å². The van der Waals surface area contributed by atoms with Crippen LogP contribution in [-0.2, 0) is 13.0 Å². The molecular formula is C40H45FN4O3. The molecule has 6 rings (SSSR count). The maximum Gasteiger partial charge on any atom is 0.255 e. The summed E-state index contributed by atoms with van der Waals surface area (Å²) in [5, 5.41) is 4.28. The van der Waals surface area contributed by atoms with Crippen LogP contribution in [-0.4, -0.2) is 74.3 Å². The number of hydrogen-bond acceptors (Lipinski definition) is 5. The van der Waals surface area contributed by atoms with Crippen molar-refractivity contribution >= 4 is 22.5 Å². The smallest absolute Gasteiger partial charge is 0.255 e. The van der Waals surface area contributed by atoms with E-state index in [1.165, 1.54) is 39.9 Å². The molecule has 0 saturated carbocycles. The number of fused-ring (bicyclic) bond motifs is 1. The Morgan fingerprint density at radius 1 is 0.812 bits per heavy atom. The molecular weight excluding hydrogens is 603 g/mol. The van der Waals surface area contributed by atoms with Crippen LogP contribution in [0.3, 0.4) is 0 Å². The minimum atomic E-state index is -0.324. The first-order valence-corrected chi connectivity index (χ1v) is 16.7. The van der Waals surface area contributed by atoms with E-state index in [-0.39, 0.29) is 11.7 Å². The van der Waals surface area contributed by atoms with Gasteiger partial charge >= 0.3 is 0 Å². The van der Waals surface area contributed by atoms with E-state index in [0.717, 1.165) is 63.2 Å². The Labute approximate surface area is 282 Å². The lowest BCUT2D eigenvalue weighted by atomic mass is 10.0. The predicted octanol–water partition coefficient (Wildman–Crippen LogP) is 7.56. The van der Waals surface area contributed by atoms with Gasteiger partial charge in [0, 0.05) is 72.7 Å². The Kier molecular flexibility index (Phi) is 10.1. The maximum absolute atomic E-state index is 13.5. The summed E-state index contributed by atoms with van der Waals surface area (Å²) in [7, 11) is 5.31. The van der Waals surface area contributed by atoms with E-state index >= 15 is 0 Å². The molecule has 0 atom stereocenters. The summed E-state index contributed by atoms with van der Waals surface area (Å²) < 4.78 is 27.3. The van der Waals surface area contributed by atoms with Crippen LogP contribution in [0.15, 0.2) is 78.9 Å². The molecule has 1 aliphatic heterocycles. The van der Waals surface area contributed by atoms with E-state index in [0.29, 0.717) is 28.3 Å². The highest BCUT2D eigenvalue weighted by Crippen LogP contribution is 2.41. The van der Waals surface area contributed by atoms with Gasteiger partial charge in [0.1, 0.15) is 17.3 Å². The number of methoxy groups -OCH3 is 2. The number of aryl methyl sites for hydroxylation is 2. The zero-order valence-electron chi connectivity index (χ0n) is 28.6. The number of ether oxygens (including phenoxy) is 2. The van der Waals surface area contributed by atoms with Crippen molar-refractivity contribution in [2.45, 2.75) is 33.2 Å². The average Bonchev–Trinajstić information content (AvgIpc) is 3.33. The number of aromatic nitrogens is 1. The summed E-state index contributed by atoms with van der Waals surface area (Å²) in [6.45, 7) is 11.3. The van der Waals surface area contributed by atoms with Gasteiger partial charge in [-0.25, -0.2) is 4.39 Å². The first-order valence-electron chi connectivity index (χ1n) is 16.7. The van der Waals surface area contributed by atoms with Crippen LogP contribution >= 0.6 is 0 Å². The SMILES string of the molecule is COc1cc(NC(=O)c2ccc(Cc3ccc4c(c3)c(C)c(C)n4CCCN3CCN(C)CC3)cc2)cc(OC)c1-c1ccc(F)cc1. The van der Waals surface area contributed by atoms with Gasteiger partial charge in [-0.05, 0) is 98.9 Å². The van der Waals surface area contributed by atoms with Gasteiger partial charge < -0.3 is 29.2 Å². The number of nitrogens with zero attached hydrogens (tertiary/aromatic N) is 3. The third kappa shape index (κ3) is 7.25. The van der Waals surface area contributed by atoms with Crippen LogP contribution < -0.4 is 14.8 Å². The van der Waals surface area contributed by atoms with Crippen molar-refractivity contribution in [3.05, 3.63) is 113 Å². The van der Waals surface area contributed by atoms with Crippen LogP contribution in [0, 0.1) is 19.7 Å². The molecule has 0 bridgehead atoms. The van der Waals surface area contributed by atoms with Crippen molar-refractivity contribution in [1.29, 1.82) is 0 Å². The molecule has 1 fully saturated rings. The third-order valence-electron chi connectivity index (χ3n) is 9.68. The van der Waals surface area contributed by atoms with Crippen LogP contribution in [0.2, 0.25) is 0 Å². The third-order valence-corrected chi connectivity index (χ3v) is 9.68. The number of likely N-dealkylation sites (N-methyl/N-ethyl adjacent to an activating group) is 1. The summed E-state index contributed by atoms with van der Waals surface area (Å²) in [5.41, 5.74) is 8.90. The van der Waals surface area contributed by atoms with Gasteiger partial charge in [0.05, 0.1) is 19.8 Å². The number of carbonyl (C=O) groups excluding carboxylic acids is 1. The lowest BCUT2D eigenvalue weighted by Crippen LogP contribution is -2.44. The van der Waals surface area contributed by atoms with Crippen molar-refractivity contribution in [1.82, 2.24) is 14.4 Å². The molecule has 0 radical (unpaired) electrons. The molecule has 1 saturated heterocycles. The first kappa shape index (κ1) is 33.2. The predicted molar refractivity (Wildman–Crippen MR) is 192 cm³/mol. The molecule has 1 aliphatic rings. The molecule has 1 amide bonds. The largest absolute Gasteiger partial charge is 0.496 e. The summed E-state index contributed by atoms with van der Waals surface area (Å²) in [4.78, 5) is 18.2. The second-order valence-corrected chi connectivity index (χ2v) is 12.8. The standard InChI is InChI=1S/C40H45FN4O3/c1-27-28(2)45(18-6-17-44-21-19-43(3)20-22-44)36-16-9-30(24-35(27)36)23-29-7-10-32(11-8-29)40(46)42-34-25-37(47-4)39(38(26-34)48-5)31-12-14-33(41)15-13-31/h7-16,24-26H,6,17-23H2,1-5H3,(H,42,46). The van der Waals surface area contributed by atoms with Gasteiger partial charge in [-0.3, -0.25) is 4.79 Å². The number of anilines is 1. The van der Waals surface area contributed by atoms with Gasteiger partial charge in [-0.1, -0.05) is 30.3 Å². The van der Waals surface area contributed by atoms with Gasteiger partial charge in [-0.2, -0.15) is 0 Å². The fourth-order valence-electron chi connectivity index (χ4n) is 6.72. The number of nitrogens with one attached hydrogen (secondary N) is 1. The lowest BCUT2D eigenvalue weighted by molar-refractivity contribution is 0.102. The second kappa shape index (κ2) is 14.6. The highest BCUT2D eigenvalue weighted by Gasteiger charge is 2.18. The van der Waals surface area contributed by atoms with Gasteiger partial charge in [0.2, 0.25) is 0 Å². The van der Waals surface area contributed by atoms with Crippen molar-refractivity contribution < 1.29 is 18.7 Å². The van der Waals surface area contributed by atoms with Crippen LogP contribution in [0.5, 0.6) is 11.5 Å². The Hall–Kier alpha value is -4.66. The fourth-order valence-corrected chi connectivity index (χ4v) is 6.72. The molecule has 48 heavy (non-hydrogen) atoms. The molecule has 0 unspecified atom stereocenters. The molecule has 1 N–H and O–H groups in total. The lowest BCUT2D eigenvalue weighted by Gasteiger charge is -2.32. The van der Waals surface area contributed by atoms with Crippen molar-refractivity contribution in [2.24, 2.45) is 0 Å². The monoisotopic (exact) mass is 648 g/mol. The van der Waals surface area contributed by atoms with Crippen molar-refractivity contribution in [2.75, 3.05) is 59.3 Å². The highest BCUT2D eigenvalue weighted by molar-refractivity contribution is 6.04. The molecule has 0 spiro atoms. The van der Waals surface area contributed by atoms with E-state index in [9.17, 15) is 9.18 Å². The molecule has 5 aromatic rings. The number of halogens is 1. The normalized spacial score (nSPS) is 14.0. The van der Waals surface area contributed by atoms with E-state index in [1.807, 2.05) is 24.3 Å². The Morgan fingerprint density at radius 2 is 1.46 bits per heavy atom. The summed E-state index contributed by atoms with van der Waals surface area (Å²) in [6.07, 6.45) is 1.93. The second-order valence-electron chi connectivity index (χ2n) is 12.8. The molecule has 0 aliphatic carbocycles. The first-order chi connectivity index (χ1) is 23.2. The molecule has 1 aromatic heterocycles.